The number of thiazole rings is 1. The summed E-state index contributed by atoms with van der Waals surface area (Å²) in [6.07, 6.45) is 2.82. The Labute approximate surface area is 120 Å². The van der Waals surface area contributed by atoms with Gasteiger partial charge in [0, 0.05) is 12.7 Å². The van der Waals surface area contributed by atoms with Crippen molar-refractivity contribution in [2.24, 2.45) is 0 Å². The number of ether oxygens (including phenoxy) is 1. The van der Waals surface area contributed by atoms with Crippen molar-refractivity contribution in [1.29, 1.82) is 0 Å². The maximum Gasteiger partial charge on any atom is 0.182 e. The third-order valence-electron chi connectivity index (χ3n) is 2.34. The summed E-state index contributed by atoms with van der Waals surface area (Å²) >= 11 is 7.42. The number of halogens is 2. The molecule has 2 aromatic rings. The van der Waals surface area contributed by atoms with E-state index in [1.807, 2.05) is 0 Å². The van der Waals surface area contributed by atoms with Crippen LogP contribution < -0.4 is 10.1 Å². The van der Waals surface area contributed by atoms with E-state index in [1.165, 1.54) is 29.5 Å². The molecule has 1 aromatic carbocycles. The van der Waals surface area contributed by atoms with E-state index in [0.717, 1.165) is 23.0 Å². The Bertz CT molecular complexity index is 547. The van der Waals surface area contributed by atoms with Crippen LogP contribution in [-0.2, 0) is 6.61 Å². The molecule has 1 N–H and O–H groups in total. The quantitative estimate of drug-likeness (QED) is 0.862. The first kappa shape index (κ1) is 14.1. The topological polar surface area (TPSA) is 34.2 Å². The summed E-state index contributed by atoms with van der Waals surface area (Å²) in [7, 11) is 0. The molecule has 0 aliphatic rings. The number of hydrogen-bond donors (Lipinski definition) is 1. The fourth-order valence-electron chi connectivity index (χ4n) is 1.43. The molecular formula is C13H14ClFN2OS. The van der Waals surface area contributed by atoms with Gasteiger partial charge in [-0.15, -0.1) is 0 Å². The number of rotatable bonds is 6. The van der Waals surface area contributed by atoms with Gasteiger partial charge in [-0.3, -0.25) is 0 Å². The van der Waals surface area contributed by atoms with Gasteiger partial charge in [-0.2, -0.15) is 0 Å². The predicted octanol–water partition coefficient (Wildman–Crippen LogP) is 4.34. The highest BCUT2D eigenvalue weighted by Crippen LogP contribution is 2.27. The standard InChI is InChI=1S/C13H14ClFN2OS/c1-2-5-16-13-17-7-10(19-13)8-18-12-4-3-9(15)6-11(12)14/h3-4,6-7H,2,5,8H2,1H3,(H,16,17). The minimum Gasteiger partial charge on any atom is -0.486 e. The van der Waals surface area contributed by atoms with E-state index in [0.29, 0.717) is 12.4 Å². The summed E-state index contributed by atoms with van der Waals surface area (Å²) in [6.45, 7) is 3.37. The van der Waals surface area contributed by atoms with Crippen molar-refractivity contribution in [2.45, 2.75) is 20.0 Å². The molecule has 0 fully saturated rings. The minimum absolute atomic E-state index is 0.272. The van der Waals surface area contributed by atoms with Gasteiger partial charge in [-0.25, -0.2) is 9.37 Å². The van der Waals surface area contributed by atoms with E-state index in [2.05, 4.69) is 17.2 Å². The van der Waals surface area contributed by atoms with E-state index < -0.39 is 0 Å². The molecule has 2 rings (SSSR count). The molecule has 0 atom stereocenters. The molecule has 1 aromatic heterocycles. The minimum atomic E-state index is -0.374. The van der Waals surface area contributed by atoms with Gasteiger partial charge in [-0.05, 0) is 24.6 Å². The second kappa shape index (κ2) is 6.73. The zero-order valence-corrected chi connectivity index (χ0v) is 12.0. The van der Waals surface area contributed by atoms with Crippen LogP contribution in [0.15, 0.2) is 24.4 Å². The lowest BCUT2D eigenvalue weighted by Gasteiger charge is -2.06. The molecule has 3 nitrogen and oxygen atoms in total. The molecule has 0 spiro atoms. The predicted molar refractivity (Wildman–Crippen MR) is 76.6 cm³/mol. The first-order valence-corrected chi connectivity index (χ1v) is 7.15. The molecule has 0 bridgehead atoms. The highest BCUT2D eigenvalue weighted by molar-refractivity contribution is 7.15. The first-order valence-electron chi connectivity index (χ1n) is 5.95. The Morgan fingerprint density at radius 2 is 2.32 bits per heavy atom. The summed E-state index contributed by atoms with van der Waals surface area (Å²) < 4.78 is 18.4. The molecule has 102 valence electrons. The van der Waals surface area contributed by atoms with Crippen molar-refractivity contribution in [3.63, 3.8) is 0 Å². The zero-order chi connectivity index (χ0) is 13.7. The summed E-state index contributed by atoms with van der Waals surface area (Å²) in [6, 6.07) is 4.08. The lowest BCUT2D eigenvalue weighted by Crippen LogP contribution is -1.97. The van der Waals surface area contributed by atoms with Crippen molar-refractivity contribution in [2.75, 3.05) is 11.9 Å². The third-order valence-corrected chi connectivity index (χ3v) is 3.57. The molecule has 0 amide bonds. The van der Waals surface area contributed by atoms with Crippen molar-refractivity contribution in [3.05, 3.63) is 40.1 Å². The number of aromatic nitrogens is 1. The lowest BCUT2D eigenvalue weighted by molar-refractivity contribution is 0.309. The van der Waals surface area contributed by atoms with Crippen molar-refractivity contribution >= 4 is 28.1 Å². The van der Waals surface area contributed by atoms with E-state index in [-0.39, 0.29) is 10.8 Å². The van der Waals surface area contributed by atoms with E-state index in [4.69, 9.17) is 16.3 Å². The average Bonchev–Trinajstić information content (AvgIpc) is 2.83. The molecule has 0 unspecified atom stereocenters. The van der Waals surface area contributed by atoms with Gasteiger partial charge in [0.05, 0.1) is 9.90 Å². The van der Waals surface area contributed by atoms with E-state index in [9.17, 15) is 4.39 Å². The highest BCUT2D eigenvalue weighted by Gasteiger charge is 2.06. The first-order chi connectivity index (χ1) is 9.19. The molecule has 0 radical (unpaired) electrons. The van der Waals surface area contributed by atoms with Crippen LogP contribution in [0.3, 0.4) is 0 Å². The normalized spacial score (nSPS) is 10.5. The number of nitrogens with one attached hydrogen (secondary N) is 1. The Morgan fingerprint density at radius 3 is 3.05 bits per heavy atom. The Balaban J connectivity index is 1.92. The van der Waals surface area contributed by atoms with Crippen LogP contribution >= 0.6 is 22.9 Å². The van der Waals surface area contributed by atoms with Gasteiger partial charge >= 0.3 is 0 Å². The van der Waals surface area contributed by atoms with Crippen LogP contribution in [0.2, 0.25) is 5.02 Å². The summed E-state index contributed by atoms with van der Waals surface area (Å²) in [5.41, 5.74) is 0. The summed E-state index contributed by atoms with van der Waals surface area (Å²) in [5.74, 6) is 0.0979. The van der Waals surface area contributed by atoms with Gasteiger partial charge < -0.3 is 10.1 Å². The van der Waals surface area contributed by atoms with Gasteiger partial charge in [0.25, 0.3) is 0 Å². The molecule has 1 heterocycles. The zero-order valence-electron chi connectivity index (χ0n) is 10.5. The molecular weight excluding hydrogens is 287 g/mol. The summed E-state index contributed by atoms with van der Waals surface area (Å²) in [5, 5.41) is 4.36. The van der Waals surface area contributed by atoms with Crippen LogP contribution in [0.1, 0.15) is 18.2 Å². The smallest absolute Gasteiger partial charge is 0.182 e. The average molecular weight is 301 g/mol. The van der Waals surface area contributed by atoms with Crippen molar-refractivity contribution in [3.8, 4) is 5.75 Å². The lowest BCUT2D eigenvalue weighted by atomic mass is 10.3. The molecule has 0 aliphatic heterocycles. The Hall–Kier alpha value is -1.33. The molecule has 19 heavy (non-hydrogen) atoms. The highest BCUT2D eigenvalue weighted by atomic mass is 35.5. The maximum absolute atomic E-state index is 12.9. The maximum atomic E-state index is 12.9. The van der Waals surface area contributed by atoms with Crippen LogP contribution in [0.25, 0.3) is 0 Å². The Morgan fingerprint density at radius 1 is 1.47 bits per heavy atom. The van der Waals surface area contributed by atoms with Crippen molar-refractivity contribution in [1.82, 2.24) is 4.98 Å². The van der Waals surface area contributed by atoms with Crippen LogP contribution in [0, 0.1) is 5.82 Å². The Kier molecular flexibility index (Phi) is 4.99. The van der Waals surface area contributed by atoms with Gasteiger partial charge in [0.1, 0.15) is 18.2 Å². The van der Waals surface area contributed by atoms with Crippen LogP contribution in [0.5, 0.6) is 5.75 Å². The SMILES string of the molecule is CCCNc1ncc(COc2ccc(F)cc2Cl)s1. The number of anilines is 1. The second-order valence-electron chi connectivity index (χ2n) is 3.92. The second-order valence-corrected chi connectivity index (χ2v) is 5.44. The van der Waals surface area contributed by atoms with E-state index in [1.54, 1.807) is 6.20 Å². The molecule has 0 saturated carbocycles. The fourth-order valence-corrected chi connectivity index (χ4v) is 2.40. The van der Waals surface area contributed by atoms with Gasteiger partial charge in [-0.1, -0.05) is 29.9 Å². The van der Waals surface area contributed by atoms with Crippen molar-refractivity contribution < 1.29 is 9.13 Å². The fraction of sp³-hybridized carbons (Fsp3) is 0.308. The summed E-state index contributed by atoms with van der Waals surface area (Å²) in [4.78, 5) is 5.22. The van der Waals surface area contributed by atoms with E-state index >= 15 is 0 Å². The third kappa shape index (κ3) is 4.08. The monoisotopic (exact) mass is 300 g/mol. The van der Waals surface area contributed by atoms with Gasteiger partial charge in [0.2, 0.25) is 0 Å². The molecule has 0 saturated heterocycles. The molecule has 0 aliphatic carbocycles. The number of nitrogens with zero attached hydrogens (tertiary/aromatic N) is 1. The largest absolute Gasteiger partial charge is 0.486 e. The van der Waals surface area contributed by atoms with Crippen LogP contribution in [-0.4, -0.2) is 11.5 Å². The number of benzene rings is 1. The van der Waals surface area contributed by atoms with Gasteiger partial charge in [0.15, 0.2) is 5.13 Å². The number of hydrogen-bond acceptors (Lipinski definition) is 4. The molecule has 6 heteroatoms. The van der Waals surface area contributed by atoms with Crippen LogP contribution in [0.4, 0.5) is 9.52 Å².